The second kappa shape index (κ2) is 6.91. The van der Waals surface area contributed by atoms with Crippen molar-refractivity contribution in [3.8, 4) is 0 Å². The molecule has 0 aliphatic carbocycles. The number of hydrogen-bond donors (Lipinski definition) is 1. The summed E-state index contributed by atoms with van der Waals surface area (Å²) in [5, 5.41) is 3.56. The minimum absolute atomic E-state index is 0.0970. The van der Waals surface area contributed by atoms with Gasteiger partial charge >= 0.3 is 0 Å². The van der Waals surface area contributed by atoms with Crippen molar-refractivity contribution in [2.75, 3.05) is 6.54 Å². The van der Waals surface area contributed by atoms with Crippen LogP contribution in [0.15, 0.2) is 36.4 Å². The Hall–Kier alpha value is -0.900. The van der Waals surface area contributed by atoms with Crippen molar-refractivity contribution in [3.63, 3.8) is 0 Å². The summed E-state index contributed by atoms with van der Waals surface area (Å²) in [4.78, 5) is 1.26. The van der Waals surface area contributed by atoms with Crippen molar-refractivity contribution in [1.82, 2.24) is 5.32 Å². The van der Waals surface area contributed by atoms with Crippen LogP contribution in [0.1, 0.15) is 31.2 Å². The lowest BCUT2D eigenvalue weighted by molar-refractivity contribution is 0.344. The van der Waals surface area contributed by atoms with Crippen molar-refractivity contribution in [2.24, 2.45) is 0 Å². The average molecular weight is 326 g/mol. The molecule has 0 saturated carbocycles. The molecule has 1 aromatic carbocycles. The van der Waals surface area contributed by atoms with Gasteiger partial charge in [0.15, 0.2) is 0 Å². The van der Waals surface area contributed by atoms with E-state index in [-0.39, 0.29) is 17.3 Å². The minimum Gasteiger partial charge on any atom is -0.313 e. The van der Waals surface area contributed by atoms with Gasteiger partial charge in [0.25, 0.3) is 0 Å². The molecular formula is C17H21ClFNS. The molecule has 0 saturated heterocycles. The third kappa shape index (κ3) is 4.06. The first-order valence-corrected chi connectivity index (χ1v) is 8.36. The highest BCUT2D eigenvalue weighted by Crippen LogP contribution is 2.31. The van der Waals surface area contributed by atoms with E-state index in [0.29, 0.717) is 0 Å². The van der Waals surface area contributed by atoms with E-state index in [1.54, 1.807) is 11.3 Å². The number of nitrogens with one attached hydrogen (secondary N) is 1. The predicted molar refractivity (Wildman–Crippen MR) is 89.9 cm³/mol. The molecule has 1 nitrogen and oxygen atoms in total. The molecule has 1 aromatic heterocycles. The highest BCUT2D eigenvalue weighted by molar-refractivity contribution is 7.16. The molecule has 1 atom stereocenters. The molecule has 1 unspecified atom stereocenters. The largest absolute Gasteiger partial charge is 0.313 e. The van der Waals surface area contributed by atoms with Gasteiger partial charge in [-0.2, -0.15) is 0 Å². The van der Waals surface area contributed by atoms with E-state index < -0.39 is 0 Å². The topological polar surface area (TPSA) is 12.0 Å². The van der Waals surface area contributed by atoms with Gasteiger partial charge in [-0.15, -0.1) is 11.3 Å². The summed E-state index contributed by atoms with van der Waals surface area (Å²) in [6, 6.07) is 11.1. The molecule has 2 rings (SSSR count). The van der Waals surface area contributed by atoms with E-state index in [9.17, 15) is 4.39 Å². The molecule has 21 heavy (non-hydrogen) atoms. The van der Waals surface area contributed by atoms with E-state index in [0.717, 1.165) is 22.9 Å². The number of rotatable bonds is 6. The number of likely N-dealkylation sites (N-methyl/N-ethyl adjacent to an activating group) is 1. The van der Waals surface area contributed by atoms with Crippen LogP contribution in [0, 0.1) is 5.82 Å². The van der Waals surface area contributed by atoms with Crippen molar-refractivity contribution in [3.05, 3.63) is 57.0 Å². The third-order valence-corrected chi connectivity index (χ3v) is 5.20. The van der Waals surface area contributed by atoms with E-state index in [2.05, 4.69) is 32.2 Å². The van der Waals surface area contributed by atoms with Crippen LogP contribution in [0.25, 0.3) is 0 Å². The standard InChI is InChI=1S/C17H21ClFNS/c1-4-20-15(11-14-9-10-16(18)21-14)17(2,3)12-5-7-13(19)8-6-12/h5-10,15,20H,4,11H2,1-3H3. The molecule has 0 amide bonds. The van der Waals surface area contributed by atoms with Gasteiger partial charge in [0.05, 0.1) is 4.34 Å². The van der Waals surface area contributed by atoms with E-state index in [1.807, 2.05) is 18.2 Å². The first kappa shape index (κ1) is 16.5. The maximum atomic E-state index is 13.1. The molecule has 0 aliphatic rings. The summed E-state index contributed by atoms with van der Waals surface area (Å²) in [6.07, 6.45) is 0.912. The maximum Gasteiger partial charge on any atom is 0.123 e. The fraction of sp³-hybridized carbons (Fsp3) is 0.412. The Balaban J connectivity index is 2.24. The Bertz CT molecular complexity index is 577. The zero-order chi connectivity index (χ0) is 15.5. The Kier molecular flexibility index (Phi) is 5.42. The van der Waals surface area contributed by atoms with Gasteiger partial charge < -0.3 is 5.32 Å². The van der Waals surface area contributed by atoms with E-state index in [1.165, 1.54) is 17.0 Å². The van der Waals surface area contributed by atoms with Crippen molar-refractivity contribution in [2.45, 2.75) is 38.6 Å². The number of halogens is 2. The number of hydrogen-bond acceptors (Lipinski definition) is 2. The van der Waals surface area contributed by atoms with Crippen LogP contribution in [-0.4, -0.2) is 12.6 Å². The van der Waals surface area contributed by atoms with Gasteiger partial charge in [-0.1, -0.05) is 44.5 Å². The SMILES string of the molecule is CCNC(Cc1ccc(Cl)s1)C(C)(C)c1ccc(F)cc1. The van der Waals surface area contributed by atoms with Gasteiger partial charge in [0.1, 0.15) is 5.82 Å². The second-order valence-corrected chi connectivity index (χ2v) is 7.55. The molecule has 2 aromatic rings. The molecule has 1 N–H and O–H groups in total. The lowest BCUT2D eigenvalue weighted by Crippen LogP contribution is -2.46. The van der Waals surface area contributed by atoms with Crippen LogP contribution >= 0.6 is 22.9 Å². The van der Waals surface area contributed by atoms with Crippen molar-refractivity contribution >= 4 is 22.9 Å². The van der Waals surface area contributed by atoms with Gasteiger partial charge in [-0.3, -0.25) is 0 Å². The molecule has 0 fully saturated rings. The predicted octanol–water partition coefficient (Wildman–Crippen LogP) is 5.04. The molecule has 0 bridgehead atoms. The fourth-order valence-electron chi connectivity index (χ4n) is 2.57. The van der Waals surface area contributed by atoms with Gasteiger partial charge in [0, 0.05) is 16.3 Å². The maximum absolute atomic E-state index is 13.1. The Morgan fingerprint density at radius 2 is 1.86 bits per heavy atom. The van der Waals surface area contributed by atoms with Crippen LogP contribution in [-0.2, 0) is 11.8 Å². The second-order valence-electron chi connectivity index (χ2n) is 5.75. The molecule has 1 heterocycles. The summed E-state index contributed by atoms with van der Waals surface area (Å²) in [7, 11) is 0. The third-order valence-electron chi connectivity index (χ3n) is 3.94. The monoisotopic (exact) mass is 325 g/mol. The first-order valence-electron chi connectivity index (χ1n) is 7.17. The fourth-order valence-corrected chi connectivity index (χ4v) is 3.71. The Labute approximate surface area is 135 Å². The molecule has 0 radical (unpaired) electrons. The van der Waals surface area contributed by atoms with Gasteiger partial charge in [-0.05, 0) is 42.8 Å². The molecule has 0 spiro atoms. The highest BCUT2D eigenvalue weighted by Gasteiger charge is 2.31. The summed E-state index contributed by atoms with van der Waals surface area (Å²) < 4.78 is 14.0. The molecule has 114 valence electrons. The highest BCUT2D eigenvalue weighted by atomic mass is 35.5. The first-order chi connectivity index (χ1) is 9.93. The van der Waals surface area contributed by atoms with Crippen molar-refractivity contribution in [1.29, 1.82) is 0 Å². The normalized spacial score (nSPS) is 13.4. The summed E-state index contributed by atoms with van der Waals surface area (Å²) in [5.41, 5.74) is 1.04. The smallest absolute Gasteiger partial charge is 0.123 e. The van der Waals surface area contributed by atoms with Crippen LogP contribution in [0.5, 0.6) is 0 Å². The average Bonchev–Trinajstić information content (AvgIpc) is 2.84. The van der Waals surface area contributed by atoms with Crippen LogP contribution in [0.2, 0.25) is 4.34 Å². The van der Waals surface area contributed by atoms with Gasteiger partial charge in [0.2, 0.25) is 0 Å². The number of benzene rings is 1. The number of thiophene rings is 1. The zero-order valence-electron chi connectivity index (χ0n) is 12.6. The van der Waals surface area contributed by atoms with Crippen LogP contribution in [0.4, 0.5) is 4.39 Å². The summed E-state index contributed by atoms with van der Waals surface area (Å²) in [5.74, 6) is -0.195. The quantitative estimate of drug-likeness (QED) is 0.784. The van der Waals surface area contributed by atoms with E-state index in [4.69, 9.17) is 11.6 Å². The van der Waals surface area contributed by atoms with Crippen LogP contribution < -0.4 is 5.32 Å². The molecular weight excluding hydrogens is 305 g/mol. The van der Waals surface area contributed by atoms with Crippen LogP contribution in [0.3, 0.4) is 0 Å². The minimum atomic E-state index is -0.195. The lowest BCUT2D eigenvalue weighted by atomic mass is 9.76. The lowest BCUT2D eigenvalue weighted by Gasteiger charge is -2.35. The van der Waals surface area contributed by atoms with Crippen molar-refractivity contribution < 1.29 is 4.39 Å². The van der Waals surface area contributed by atoms with Gasteiger partial charge in [-0.25, -0.2) is 4.39 Å². The summed E-state index contributed by atoms with van der Waals surface area (Å²) >= 11 is 7.65. The Morgan fingerprint density at radius 1 is 1.19 bits per heavy atom. The Morgan fingerprint density at radius 3 is 2.38 bits per heavy atom. The molecule has 0 aliphatic heterocycles. The van der Waals surface area contributed by atoms with E-state index >= 15 is 0 Å². The molecule has 4 heteroatoms. The zero-order valence-corrected chi connectivity index (χ0v) is 14.2. The summed E-state index contributed by atoms with van der Waals surface area (Å²) in [6.45, 7) is 7.40.